The van der Waals surface area contributed by atoms with Crippen LogP contribution in [0.25, 0.3) is 11.3 Å². The Labute approximate surface area is 199 Å². The van der Waals surface area contributed by atoms with Crippen molar-refractivity contribution >= 4 is 35.6 Å². The van der Waals surface area contributed by atoms with E-state index in [-0.39, 0.29) is 24.7 Å². The molecule has 0 aliphatic carbocycles. The number of anilines is 3. The van der Waals surface area contributed by atoms with E-state index in [0.29, 0.717) is 17.4 Å². The van der Waals surface area contributed by atoms with Gasteiger partial charge in [-0.25, -0.2) is 9.97 Å². The number of rotatable bonds is 8. The third-order valence-corrected chi connectivity index (χ3v) is 5.36. The SMILES string of the molecule is CNCCCc1ccc2c(c1)NC(=O)Cc1cnc(Nc3ccc(OC)c(OC)c3)nc1-2.Cl. The van der Waals surface area contributed by atoms with Crippen LogP contribution in [0, 0.1) is 0 Å². The number of aryl methyl sites for hydroxylation is 1. The summed E-state index contributed by atoms with van der Waals surface area (Å²) in [6, 6.07) is 11.7. The number of aromatic nitrogens is 2. The average Bonchev–Trinajstić information content (AvgIpc) is 2.94. The molecule has 0 unspecified atom stereocenters. The molecule has 0 atom stereocenters. The molecule has 3 N–H and O–H groups in total. The van der Waals surface area contributed by atoms with Crippen molar-refractivity contribution in [3.63, 3.8) is 0 Å². The van der Waals surface area contributed by atoms with E-state index in [9.17, 15) is 4.79 Å². The molecule has 174 valence electrons. The van der Waals surface area contributed by atoms with Crippen molar-refractivity contribution in [2.24, 2.45) is 0 Å². The third-order valence-electron chi connectivity index (χ3n) is 5.36. The second-order valence-corrected chi connectivity index (χ2v) is 7.57. The van der Waals surface area contributed by atoms with E-state index in [1.807, 2.05) is 37.4 Å². The second-order valence-electron chi connectivity index (χ2n) is 7.57. The van der Waals surface area contributed by atoms with Crippen molar-refractivity contribution in [3.05, 3.63) is 53.7 Å². The number of hydrogen-bond acceptors (Lipinski definition) is 7. The van der Waals surface area contributed by atoms with Crippen molar-refractivity contribution in [1.29, 1.82) is 0 Å². The van der Waals surface area contributed by atoms with Gasteiger partial charge in [-0.05, 0) is 50.2 Å². The number of nitrogens with zero attached hydrogens (tertiary/aromatic N) is 2. The molecule has 1 aliphatic heterocycles. The van der Waals surface area contributed by atoms with E-state index in [1.54, 1.807) is 20.4 Å². The first-order chi connectivity index (χ1) is 15.6. The van der Waals surface area contributed by atoms with Crippen LogP contribution >= 0.6 is 12.4 Å². The van der Waals surface area contributed by atoms with Gasteiger partial charge in [0.1, 0.15) is 0 Å². The number of fused-ring (bicyclic) bond motifs is 3. The smallest absolute Gasteiger partial charge is 0.228 e. The number of carbonyl (C=O) groups excluding carboxylic acids is 1. The fraction of sp³-hybridized carbons (Fsp3) is 0.292. The molecule has 0 radical (unpaired) electrons. The Morgan fingerprint density at radius 2 is 1.91 bits per heavy atom. The zero-order chi connectivity index (χ0) is 22.5. The van der Waals surface area contributed by atoms with Gasteiger partial charge in [0, 0.05) is 29.1 Å². The number of benzene rings is 2. The van der Waals surface area contributed by atoms with E-state index < -0.39 is 0 Å². The molecule has 0 saturated heterocycles. The maximum atomic E-state index is 12.5. The van der Waals surface area contributed by atoms with Crippen LogP contribution in [-0.4, -0.2) is 43.7 Å². The first-order valence-electron chi connectivity index (χ1n) is 10.5. The molecule has 0 fully saturated rings. The number of methoxy groups -OCH3 is 2. The lowest BCUT2D eigenvalue weighted by atomic mass is 10.0. The Balaban J connectivity index is 0.00000306. The Kier molecular flexibility index (Phi) is 8.08. The lowest BCUT2D eigenvalue weighted by molar-refractivity contribution is -0.115. The molecule has 0 spiro atoms. The first kappa shape index (κ1) is 24.3. The second kappa shape index (κ2) is 11.0. The molecule has 2 heterocycles. The fourth-order valence-corrected chi connectivity index (χ4v) is 3.77. The van der Waals surface area contributed by atoms with E-state index >= 15 is 0 Å². The molecular formula is C24H28ClN5O3. The van der Waals surface area contributed by atoms with Gasteiger partial charge in [0.2, 0.25) is 11.9 Å². The summed E-state index contributed by atoms with van der Waals surface area (Å²) in [6.45, 7) is 0.949. The van der Waals surface area contributed by atoms with Crippen molar-refractivity contribution in [2.45, 2.75) is 19.3 Å². The van der Waals surface area contributed by atoms with Gasteiger partial charge in [-0.1, -0.05) is 12.1 Å². The molecule has 1 amide bonds. The van der Waals surface area contributed by atoms with Gasteiger partial charge >= 0.3 is 0 Å². The molecule has 1 aliphatic rings. The monoisotopic (exact) mass is 469 g/mol. The third kappa shape index (κ3) is 5.53. The summed E-state index contributed by atoms with van der Waals surface area (Å²) in [7, 11) is 5.13. The van der Waals surface area contributed by atoms with Gasteiger partial charge in [0.15, 0.2) is 11.5 Å². The first-order valence-corrected chi connectivity index (χ1v) is 10.5. The summed E-state index contributed by atoms with van der Waals surface area (Å²) < 4.78 is 10.7. The maximum absolute atomic E-state index is 12.5. The van der Waals surface area contributed by atoms with Crippen molar-refractivity contribution in [1.82, 2.24) is 15.3 Å². The normalized spacial score (nSPS) is 11.9. The largest absolute Gasteiger partial charge is 0.493 e. The summed E-state index contributed by atoms with van der Waals surface area (Å²) in [6.07, 6.45) is 3.91. The predicted octanol–water partition coefficient (Wildman–Crippen LogP) is 3.97. The van der Waals surface area contributed by atoms with Gasteiger partial charge in [0.25, 0.3) is 0 Å². The zero-order valence-corrected chi connectivity index (χ0v) is 19.7. The van der Waals surface area contributed by atoms with Crippen LogP contribution in [0.1, 0.15) is 17.5 Å². The van der Waals surface area contributed by atoms with E-state index in [1.165, 1.54) is 5.56 Å². The molecule has 0 bridgehead atoms. The summed E-state index contributed by atoms with van der Waals surface area (Å²) in [5, 5.41) is 9.40. The number of hydrogen-bond donors (Lipinski definition) is 3. The highest BCUT2D eigenvalue weighted by molar-refractivity contribution is 6.00. The minimum Gasteiger partial charge on any atom is -0.493 e. The summed E-state index contributed by atoms with van der Waals surface area (Å²) in [5.74, 6) is 1.62. The Bertz CT molecular complexity index is 1140. The summed E-state index contributed by atoms with van der Waals surface area (Å²) >= 11 is 0. The molecular weight excluding hydrogens is 442 g/mol. The Morgan fingerprint density at radius 1 is 1.09 bits per heavy atom. The number of carbonyl (C=O) groups is 1. The van der Waals surface area contributed by atoms with E-state index in [2.05, 4.69) is 27.0 Å². The van der Waals surface area contributed by atoms with Crippen LogP contribution in [0.3, 0.4) is 0 Å². The van der Waals surface area contributed by atoms with Gasteiger partial charge in [-0.2, -0.15) is 0 Å². The minimum absolute atomic E-state index is 0. The van der Waals surface area contributed by atoms with Crippen LogP contribution in [-0.2, 0) is 17.6 Å². The standard InChI is InChI=1S/C24H27N5O3.ClH/c1-25-10-4-5-15-6-8-18-19(11-15)28-22(30)12-16-14-26-24(29-23(16)18)27-17-7-9-20(31-2)21(13-17)32-3;/h6-9,11,13-14,25H,4-5,10,12H2,1-3H3,(H,28,30)(H,26,27,29);1H. The number of ether oxygens (including phenoxy) is 2. The highest BCUT2D eigenvalue weighted by atomic mass is 35.5. The van der Waals surface area contributed by atoms with Crippen LogP contribution in [0.2, 0.25) is 0 Å². The average molecular weight is 470 g/mol. The molecule has 33 heavy (non-hydrogen) atoms. The Morgan fingerprint density at radius 3 is 2.67 bits per heavy atom. The van der Waals surface area contributed by atoms with Crippen molar-refractivity contribution in [3.8, 4) is 22.8 Å². The number of nitrogens with one attached hydrogen (secondary N) is 3. The van der Waals surface area contributed by atoms with E-state index in [4.69, 9.17) is 14.5 Å². The molecule has 1 aromatic heterocycles. The van der Waals surface area contributed by atoms with Gasteiger partial charge in [0.05, 0.1) is 32.0 Å². The number of halogens is 1. The van der Waals surface area contributed by atoms with Crippen molar-refractivity contribution in [2.75, 3.05) is 38.4 Å². The fourth-order valence-electron chi connectivity index (χ4n) is 3.77. The highest BCUT2D eigenvalue weighted by Gasteiger charge is 2.21. The molecule has 9 heteroatoms. The van der Waals surface area contributed by atoms with Gasteiger partial charge in [-0.15, -0.1) is 12.4 Å². The van der Waals surface area contributed by atoms with Gasteiger partial charge in [-0.3, -0.25) is 4.79 Å². The Hall–Kier alpha value is -3.36. The topological polar surface area (TPSA) is 97.4 Å². The predicted molar refractivity (Wildman–Crippen MR) is 132 cm³/mol. The summed E-state index contributed by atoms with van der Waals surface area (Å²) in [4.78, 5) is 21.6. The van der Waals surface area contributed by atoms with Crippen LogP contribution in [0.4, 0.5) is 17.3 Å². The lowest BCUT2D eigenvalue weighted by Gasteiger charge is -2.13. The van der Waals surface area contributed by atoms with Gasteiger partial charge < -0.3 is 25.4 Å². The van der Waals surface area contributed by atoms with E-state index in [0.717, 1.165) is 47.6 Å². The number of amides is 1. The highest BCUT2D eigenvalue weighted by Crippen LogP contribution is 2.35. The summed E-state index contributed by atoms with van der Waals surface area (Å²) in [5.41, 5.74) is 5.17. The molecule has 4 rings (SSSR count). The lowest BCUT2D eigenvalue weighted by Crippen LogP contribution is -2.13. The molecule has 2 aromatic carbocycles. The molecule has 3 aromatic rings. The maximum Gasteiger partial charge on any atom is 0.228 e. The minimum atomic E-state index is -0.0680. The van der Waals surface area contributed by atoms with Crippen LogP contribution in [0.15, 0.2) is 42.6 Å². The zero-order valence-electron chi connectivity index (χ0n) is 18.9. The van der Waals surface area contributed by atoms with Crippen LogP contribution in [0.5, 0.6) is 11.5 Å². The van der Waals surface area contributed by atoms with Crippen LogP contribution < -0.4 is 25.4 Å². The molecule has 8 nitrogen and oxygen atoms in total. The molecule has 0 saturated carbocycles. The quantitative estimate of drug-likeness (QED) is 0.429. The van der Waals surface area contributed by atoms with Crippen molar-refractivity contribution < 1.29 is 14.3 Å².